The molecule has 0 aliphatic carbocycles. The van der Waals surface area contributed by atoms with Crippen molar-refractivity contribution in [2.75, 3.05) is 5.32 Å². The lowest BCUT2D eigenvalue weighted by molar-refractivity contribution is 0.0698. The van der Waals surface area contributed by atoms with E-state index in [1.807, 2.05) is 6.07 Å². The van der Waals surface area contributed by atoms with Crippen LogP contribution in [0.2, 0.25) is 0 Å². The second kappa shape index (κ2) is 6.64. The van der Waals surface area contributed by atoms with Gasteiger partial charge in [0.25, 0.3) is 0 Å². The van der Waals surface area contributed by atoms with E-state index in [1.165, 1.54) is 0 Å². The Balaban J connectivity index is 2.79. The Labute approximate surface area is 110 Å². The minimum Gasteiger partial charge on any atom is -0.478 e. The van der Waals surface area contributed by atoms with Crippen LogP contribution in [0.15, 0.2) is 22.7 Å². The van der Waals surface area contributed by atoms with Crippen molar-refractivity contribution in [2.45, 2.75) is 39.2 Å². The fourth-order valence-corrected chi connectivity index (χ4v) is 2.03. The highest BCUT2D eigenvalue weighted by atomic mass is 79.9. The third-order valence-corrected chi connectivity index (χ3v) is 3.10. The first-order valence-corrected chi connectivity index (χ1v) is 6.63. The van der Waals surface area contributed by atoms with Crippen molar-refractivity contribution in [3.8, 4) is 0 Å². The Morgan fingerprint density at radius 2 is 2.24 bits per heavy atom. The lowest BCUT2D eigenvalue weighted by atomic mass is 10.1. The van der Waals surface area contributed by atoms with Gasteiger partial charge >= 0.3 is 5.97 Å². The lowest BCUT2D eigenvalue weighted by Gasteiger charge is -2.16. The quantitative estimate of drug-likeness (QED) is 0.830. The predicted molar refractivity (Wildman–Crippen MR) is 73.7 cm³/mol. The number of hydrogen-bond donors (Lipinski definition) is 2. The van der Waals surface area contributed by atoms with Crippen LogP contribution in [-0.4, -0.2) is 17.1 Å². The summed E-state index contributed by atoms with van der Waals surface area (Å²) >= 11 is 3.28. The van der Waals surface area contributed by atoms with Crippen LogP contribution in [0.5, 0.6) is 0 Å². The van der Waals surface area contributed by atoms with Gasteiger partial charge in [-0.15, -0.1) is 0 Å². The number of carboxylic acids is 1. The van der Waals surface area contributed by atoms with Crippen LogP contribution in [-0.2, 0) is 0 Å². The molecule has 0 amide bonds. The summed E-state index contributed by atoms with van der Waals surface area (Å²) in [6.45, 7) is 4.22. The first kappa shape index (κ1) is 14.0. The predicted octanol–water partition coefficient (Wildman–Crippen LogP) is 4.14. The molecule has 0 saturated heterocycles. The van der Waals surface area contributed by atoms with E-state index in [4.69, 9.17) is 5.11 Å². The zero-order valence-electron chi connectivity index (χ0n) is 10.2. The van der Waals surface area contributed by atoms with E-state index in [9.17, 15) is 4.79 Å². The van der Waals surface area contributed by atoms with Gasteiger partial charge in [-0.25, -0.2) is 4.79 Å². The van der Waals surface area contributed by atoms with Gasteiger partial charge in [-0.2, -0.15) is 0 Å². The summed E-state index contributed by atoms with van der Waals surface area (Å²) < 4.78 is 0.779. The van der Waals surface area contributed by atoms with E-state index in [1.54, 1.807) is 12.1 Å². The van der Waals surface area contributed by atoms with Gasteiger partial charge < -0.3 is 10.4 Å². The largest absolute Gasteiger partial charge is 0.478 e. The van der Waals surface area contributed by atoms with Crippen LogP contribution in [0.25, 0.3) is 0 Å². The number of unbranched alkanes of at least 4 members (excludes halogenated alkanes) is 1. The van der Waals surface area contributed by atoms with Gasteiger partial charge in [0.05, 0.1) is 5.56 Å². The highest BCUT2D eigenvalue weighted by Crippen LogP contribution is 2.22. The molecule has 0 aliphatic rings. The molecule has 0 aliphatic heterocycles. The van der Waals surface area contributed by atoms with Crippen LogP contribution in [0.3, 0.4) is 0 Å². The number of benzene rings is 1. The maximum absolute atomic E-state index is 11.1. The molecule has 3 nitrogen and oxygen atoms in total. The van der Waals surface area contributed by atoms with E-state index >= 15 is 0 Å². The van der Waals surface area contributed by atoms with E-state index < -0.39 is 5.97 Å². The Hall–Kier alpha value is -1.03. The molecule has 2 N–H and O–H groups in total. The Bertz CT molecular complexity index is 393. The monoisotopic (exact) mass is 299 g/mol. The van der Waals surface area contributed by atoms with Gasteiger partial charge in [-0.05, 0) is 31.5 Å². The Morgan fingerprint density at radius 3 is 2.82 bits per heavy atom. The molecular weight excluding hydrogens is 282 g/mol. The first-order valence-electron chi connectivity index (χ1n) is 5.84. The number of halogens is 1. The molecule has 1 atom stereocenters. The van der Waals surface area contributed by atoms with E-state index in [2.05, 4.69) is 35.1 Å². The number of anilines is 1. The van der Waals surface area contributed by atoms with E-state index in [0.29, 0.717) is 11.3 Å². The number of hydrogen-bond acceptors (Lipinski definition) is 2. The summed E-state index contributed by atoms with van der Waals surface area (Å²) in [5.41, 5.74) is 0.993. The molecule has 0 aromatic heterocycles. The molecule has 0 fully saturated rings. The maximum Gasteiger partial charge on any atom is 0.337 e. The molecule has 0 heterocycles. The zero-order chi connectivity index (χ0) is 12.8. The molecule has 1 aromatic rings. The lowest BCUT2D eigenvalue weighted by Crippen LogP contribution is -2.17. The van der Waals surface area contributed by atoms with Crippen LogP contribution in [0.1, 0.15) is 43.5 Å². The molecule has 1 rings (SSSR count). The first-order chi connectivity index (χ1) is 8.04. The average Bonchev–Trinajstić information content (AvgIpc) is 2.28. The second-order valence-electron chi connectivity index (χ2n) is 4.18. The third kappa shape index (κ3) is 4.38. The summed E-state index contributed by atoms with van der Waals surface area (Å²) in [7, 11) is 0. The van der Waals surface area contributed by atoms with Crippen molar-refractivity contribution in [1.29, 1.82) is 0 Å². The van der Waals surface area contributed by atoms with Crippen molar-refractivity contribution in [2.24, 2.45) is 0 Å². The molecule has 1 unspecified atom stereocenters. The highest BCUT2D eigenvalue weighted by Gasteiger charge is 2.12. The average molecular weight is 300 g/mol. The number of rotatable bonds is 6. The normalized spacial score (nSPS) is 12.2. The Kier molecular flexibility index (Phi) is 5.48. The SMILES string of the molecule is CCCCC(C)Nc1ccc(Br)cc1C(=O)O. The van der Waals surface area contributed by atoms with Crippen LogP contribution in [0.4, 0.5) is 5.69 Å². The molecule has 1 aromatic carbocycles. The zero-order valence-corrected chi connectivity index (χ0v) is 11.8. The maximum atomic E-state index is 11.1. The molecule has 0 saturated carbocycles. The van der Waals surface area contributed by atoms with Crippen molar-refractivity contribution >= 4 is 27.6 Å². The summed E-state index contributed by atoms with van der Waals surface area (Å²) in [4.78, 5) is 11.1. The fourth-order valence-electron chi connectivity index (χ4n) is 1.67. The third-order valence-electron chi connectivity index (χ3n) is 2.60. The summed E-state index contributed by atoms with van der Waals surface area (Å²) in [6.07, 6.45) is 3.34. The molecule has 0 bridgehead atoms. The summed E-state index contributed by atoms with van der Waals surface area (Å²) in [6, 6.07) is 5.56. The molecule has 94 valence electrons. The standard InChI is InChI=1S/C13H18BrNO2/c1-3-4-5-9(2)15-12-7-6-10(14)8-11(12)13(16)17/h6-9,15H,3-5H2,1-2H3,(H,16,17). The number of carbonyl (C=O) groups is 1. The Morgan fingerprint density at radius 1 is 1.53 bits per heavy atom. The van der Waals surface area contributed by atoms with Gasteiger partial charge in [0.2, 0.25) is 0 Å². The van der Waals surface area contributed by atoms with Gasteiger partial charge in [0.15, 0.2) is 0 Å². The number of carboxylic acid groups (broad SMARTS) is 1. The van der Waals surface area contributed by atoms with Crippen molar-refractivity contribution in [1.82, 2.24) is 0 Å². The van der Waals surface area contributed by atoms with Gasteiger partial charge in [0, 0.05) is 16.2 Å². The van der Waals surface area contributed by atoms with Gasteiger partial charge in [-0.3, -0.25) is 0 Å². The smallest absolute Gasteiger partial charge is 0.337 e. The van der Waals surface area contributed by atoms with Crippen molar-refractivity contribution < 1.29 is 9.90 Å². The van der Waals surface area contributed by atoms with Crippen LogP contribution in [0, 0.1) is 0 Å². The second-order valence-corrected chi connectivity index (χ2v) is 5.10. The summed E-state index contributed by atoms with van der Waals surface area (Å²) in [5.74, 6) is -0.906. The molecule has 0 spiro atoms. The molecule has 4 heteroatoms. The van der Waals surface area contributed by atoms with E-state index in [0.717, 1.165) is 23.7 Å². The van der Waals surface area contributed by atoms with Crippen molar-refractivity contribution in [3.63, 3.8) is 0 Å². The highest BCUT2D eigenvalue weighted by molar-refractivity contribution is 9.10. The minimum atomic E-state index is -0.906. The van der Waals surface area contributed by atoms with Crippen molar-refractivity contribution in [3.05, 3.63) is 28.2 Å². The van der Waals surface area contributed by atoms with Crippen LogP contribution >= 0.6 is 15.9 Å². The topological polar surface area (TPSA) is 49.3 Å². The molecular formula is C13H18BrNO2. The van der Waals surface area contributed by atoms with E-state index in [-0.39, 0.29) is 6.04 Å². The summed E-state index contributed by atoms with van der Waals surface area (Å²) in [5, 5.41) is 12.4. The minimum absolute atomic E-state index is 0.286. The fraction of sp³-hybridized carbons (Fsp3) is 0.462. The van der Waals surface area contributed by atoms with Crippen LogP contribution < -0.4 is 5.32 Å². The molecule has 0 radical (unpaired) electrons. The van der Waals surface area contributed by atoms with Gasteiger partial charge in [-0.1, -0.05) is 35.7 Å². The number of aromatic carboxylic acids is 1. The molecule has 17 heavy (non-hydrogen) atoms. The number of nitrogens with one attached hydrogen (secondary N) is 1. The van der Waals surface area contributed by atoms with Gasteiger partial charge in [0.1, 0.15) is 0 Å².